The Hall–Kier alpha value is -2.37. The molecule has 0 saturated heterocycles. The lowest BCUT2D eigenvalue weighted by Gasteiger charge is -2.19. The lowest BCUT2D eigenvalue weighted by atomic mass is 10.1. The van der Waals surface area contributed by atoms with Crippen molar-refractivity contribution in [3.63, 3.8) is 0 Å². The van der Waals surface area contributed by atoms with Gasteiger partial charge < -0.3 is 10.6 Å². The predicted molar refractivity (Wildman–Crippen MR) is 92.1 cm³/mol. The highest BCUT2D eigenvalue weighted by molar-refractivity contribution is 6.02. The quantitative estimate of drug-likeness (QED) is 0.909. The summed E-state index contributed by atoms with van der Waals surface area (Å²) in [5, 5.41) is 5.94. The molecule has 2 aromatic rings. The second-order valence-corrected chi connectivity index (χ2v) is 7.40. The van der Waals surface area contributed by atoms with Crippen LogP contribution in [0.15, 0.2) is 24.4 Å². The lowest BCUT2D eigenvalue weighted by Crippen LogP contribution is -2.40. The first-order valence-corrected chi connectivity index (χ1v) is 8.45. The van der Waals surface area contributed by atoms with Crippen molar-refractivity contribution in [3.8, 4) is 0 Å². The molecule has 2 N–H and O–H groups in total. The normalized spacial score (nSPS) is 15.6. The summed E-state index contributed by atoms with van der Waals surface area (Å²) in [4.78, 5) is 29.5. The maximum atomic E-state index is 12.6. The van der Waals surface area contributed by atoms with Gasteiger partial charge in [-0.1, -0.05) is 18.9 Å². The summed E-state index contributed by atoms with van der Waals surface area (Å²) < 4.78 is 1.68. The molecule has 24 heavy (non-hydrogen) atoms. The van der Waals surface area contributed by atoms with Gasteiger partial charge in [0.25, 0.3) is 11.8 Å². The lowest BCUT2D eigenvalue weighted by molar-refractivity contribution is 0.0916. The van der Waals surface area contributed by atoms with Crippen molar-refractivity contribution in [2.45, 2.75) is 58.0 Å². The number of pyridine rings is 1. The highest BCUT2D eigenvalue weighted by Crippen LogP contribution is 2.19. The Morgan fingerprint density at radius 2 is 1.88 bits per heavy atom. The van der Waals surface area contributed by atoms with Crippen LogP contribution < -0.4 is 10.6 Å². The summed E-state index contributed by atoms with van der Waals surface area (Å²) >= 11 is 0. The zero-order valence-electron chi connectivity index (χ0n) is 14.4. The number of imidazole rings is 1. The van der Waals surface area contributed by atoms with E-state index in [2.05, 4.69) is 15.6 Å². The van der Waals surface area contributed by atoms with Gasteiger partial charge in [0.2, 0.25) is 5.82 Å². The van der Waals surface area contributed by atoms with Crippen molar-refractivity contribution in [1.82, 2.24) is 20.0 Å². The van der Waals surface area contributed by atoms with Crippen LogP contribution in [0.4, 0.5) is 0 Å². The molecular formula is C18H24N4O2. The van der Waals surface area contributed by atoms with E-state index in [9.17, 15) is 9.59 Å². The van der Waals surface area contributed by atoms with Gasteiger partial charge in [-0.15, -0.1) is 0 Å². The van der Waals surface area contributed by atoms with Crippen molar-refractivity contribution in [2.24, 2.45) is 0 Å². The van der Waals surface area contributed by atoms with Crippen molar-refractivity contribution >= 4 is 17.3 Å². The molecule has 0 bridgehead atoms. The average molecular weight is 328 g/mol. The molecule has 128 valence electrons. The second-order valence-electron chi connectivity index (χ2n) is 7.40. The van der Waals surface area contributed by atoms with Gasteiger partial charge in [-0.3, -0.25) is 14.0 Å². The number of amides is 2. The molecular weight excluding hydrogens is 304 g/mol. The molecule has 6 nitrogen and oxygen atoms in total. The van der Waals surface area contributed by atoms with E-state index in [1.54, 1.807) is 16.7 Å². The van der Waals surface area contributed by atoms with Crippen LogP contribution in [-0.4, -0.2) is 32.8 Å². The minimum Gasteiger partial charge on any atom is -0.347 e. The zero-order valence-corrected chi connectivity index (χ0v) is 14.4. The first-order valence-electron chi connectivity index (χ1n) is 8.45. The highest BCUT2D eigenvalue weighted by atomic mass is 16.2. The fourth-order valence-corrected chi connectivity index (χ4v) is 3.08. The van der Waals surface area contributed by atoms with Gasteiger partial charge in [0.15, 0.2) is 5.69 Å². The van der Waals surface area contributed by atoms with E-state index in [-0.39, 0.29) is 34.9 Å². The van der Waals surface area contributed by atoms with Crippen LogP contribution >= 0.6 is 0 Å². The third-order valence-corrected chi connectivity index (χ3v) is 4.15. The number of nitrogens with one attached hydrogen (secondary N) is 2. The smallest absolute Gasteiger partial charge is 0.287 e. The van der Waals surface area contributed by atoms with Crippen LogP contribution in [0.5, 0.6) is 0 Å². The highest BCUT2D eigenvalue weighted by Gasteiger charge is 2.25. The Bertz CT molecular complexity index is 767. The zero-order chi connectivity index (χ0) is 17.3. The maximum Gasteiger partial charge on any atom is 0.287 e. The molecule has 0 spiro atoms. The van der Waals surface area contributed by atoms with Gasteiger partial charge in [0.1, 0.15) is 0 Å². The van der Waals surface area contributed by atoms with Crippen LogP contribution in [0.25, 0.3) is 5.52 Å². The standard InChI is InChI=1S/C18H24N4O2/c1-18(2,3)21-16(23)14-13-10-6-7-11-22(13)15(20-14)17(24)19-12-8-4-5-9-12/h6-7,10-12H,4-5,8-9H2,1-3H3,(H,19,24)(H,21,23). The largest absolute Gasteiger partial charge is 0.347 e. The van der Waals surface area contributed by atoms with E-state index in [0.29, 0.717) is 5.52 Å². The van der Waals surface area contributed by atoms with Crippen LogP contribution in [0.1, 0.15) is 67.6 Å². The van der Waals surface area contributed by atoms with Crippen molar-refractivity contribution in [3.05, 3.63) is 35.9 Å². The van der Waals surface area contributed by atoms with Gasteiger partial charge in [0, 0.05) is 17.8 Å². The molecule has 1 aliphatic rings. The number of fused-ring (bicyclic) bond motifs is 1. The van der Waals surface area contributed by atoms with Crippen molar-refractivity contribution < 1.29 is 9.59 Å². The molecule has 0 aliphatic heterocycles. The number of hydrogen-bond acceptors (Lipinski definition) is 3. The minimum absolute atomic E-state index is 0.209. The van der Waals surface area contributed by atoms with Gasteiger partial charge in [-0.25, -0.2) is 4.98 Å². The molecule has 0 radical (unpaired) electrons. The number of rotatable bonds is 3. The van der Waals surface area contributed by atoms with Crippen molar-refractivity contribution in [2.75, 3.05) is 0 Å². The topological polar surface area (TPSA) is 75.5 Å². The van der Waals surface area contributed by atoms with Crippen LogP contribution in [0.2, 0.25) is 0 Å². The summed E-state index contributed by atoms with van der Waals surface area (Å²) in [6, 6.07) is 5.67. The Kier molecular flexibility index (Phi) is 4.30. The van der Waals surface area contributed by atoms with Crippen LogP contribution in [-0.2, 0) is 0 Å². The van der Waals surface area contributed by atoms with Crippen LogP contribution in [0.3, 0.4) is 0 Å². The van der Waals surface area contributed by atoms with Crippen molar-refractivity contribution in [1.29, 1.82) is 0 Å². The molecule has 2 heterocycles. The third kappa shape index (κ3) is 3.42. The minimum atomic E-state index is -0.367. The fourth-order valence-electron chi connectivity index (χ4n) is 3.08. The molecule has 3 rings (SSSR count). The molecule has 1 aliphatic carbocycles. The van der Waals surface area contributed by atoms with E-state index in [4.69, 9.17) is 0 Å². The average Bonchev–Trinajstić information content (AvgIpc) is 3.12. The number of nitrogens with zero attached hydrogens (tertiary/aromatic N) is 2. The summed E-state index contributed by atoms with van der Waals surface area (Å²) in [7, 11) is 0. The number of carbonyl (C=O) groups excluding carboxylic acids is 2. The summed E-state index contributed by atoms with van der Waals surface area (Å²) in [6.07, 6.45) is 6.07. The summed E-state index contributed by atoms with van der Waals surface area (Å²) in [5.74, 6) is -0.236. The van der Waals surface area contributed by atoms with E-state index in [0.717, 1.165) is 25.7 Å². The molecule has 0 atom stereocenters. The number of carbonyl (C=O) groups is 2. The Morgan fingerprint density at radius 3 is 2.54 bits per heavy atom. The number of hydrogen-bond donors (Lipinski definition) is 2. The molecule has 2 amide bonds. The summed E-state index contributed by atoms with van der Waals surface area (Å²) in [5.41, 5.74) is 0.548. The molecule has 2 aromatic heterocycles. The molecule has 0 unspecified atom stereocenters. The summed E-state index contributed by atoms with van der Waals surface area (Å²) in [6.45, 7) is 5.74. The van der Waals surface area contributed by atoms with Crippen LogP contribution in [0, 0.1) is 0 Å². The SMILES string of the molecule is CC(C)(C)NC(=O)c1nc(C(=O)NC2CCCC2)n2ccccc12. The van der Waals surface area contributed by atoms with Gasteiger partial charge >= 0.3 is 0 Å². The Morgan fingerprint density at radius 1 is 1.17 bits per heavy atom. The first kappa shape index (κ1) is 16.5. The molecule has 1 fully saturated rings. The maximum absolute atomic E-state index is 12.6. The molecule has 0 aromatic carbocycles. The van der Waals surface area contributed by atoms with Gasteiger partial charge in [-0.05, 0) is 45.7 Å². The second kappa shape index (κ2) is 6.26. The molecule has 1 saturated carbocycles. The first-order chi connectivity index (χ1) is 11.3. The third-order valence-electron chi connectivity index (χ3n) is 4.15. The van der Waals surface area contributed by atoms with Gasteiger partial charge in [0.05, 0.1) is 5.52 Å². The monoisotopic (exact) mass is 328 g/mol. The van der Waals surface area contributed by atoms with E-state index < -0.39 is 0 Å². The molecule has 6 heteroatoms. The van der Waals surface area contributed by atoms with Gasteiger partial charge in [-0.2, -0.15) is 0 Å². The Labute approximate surface area is 141 Å². The van der Waals surface area contributed by atoms with E-state index >= 15 is 0 Å². The van der Waals surface area contributed by atoms with E-state index in [1.807, 2.05) is 32.9 Å². The van der Waals surface area contributed by atoms with E-state index in [1.165, 1.54) is 0 Å². The Balaban J connectivity index is 1.94. The number of aromatic nitrogens is 2. The predicted octanol–water partition coefficient (Wildman–Crippen LogP) is 2.54. The fraction of sp³-hybridized carbons (Fsp3) is 0.500.